The third-order valence-corrected chi connectivity index (χ3v) is 2.16. The highest BCUT2D eigenvalue weighted by molar-refractivity contribution is 7.99. The molecule has 0 radical (unpaired) electrons. The molecule has 0 atom stereocenters. The fourth-order valence-corrected chi connectivity index (χ4v) is 1.28. The van der Waals surface area contributed by atoms with Crippen LogP contribution in [0.2, 0.25) is 0 Å². The van der Waals surface area contributed by atoms with E-state index in [4.69, 9.17) is 6.42 Å². The van der Waals surface area contributed by atoms with Crippen LogP contribution in [0.1, 0.15) is 0 Å². The van der Waals surface area contributed by atoms with Crippen molar-refractivity contribution in [3.05, 3.63) is 0 Å². The molecule has 0 saturated heterocycles. The average Bonchev–Trinajstić information content (AvgIpc) is 2.14. The number of rotatable bonds is 8. The van der Waals surface area contributed by atoms with Gasteiger partial charge in [0.25, 0.3) is 0 Å². The zero-order chi connectivity index (χ0) is 11.6. The summed E-state index contributed by atoms with van der Waals surface area (Å²) in [5, 5.41) is 2.95. The molecule has 0 aromatic heterocycles. The standard InChI is InChI=1S/C9H14F3NOS/c1-2-6-15-7-4-13-3-5-14-8-9(10,11)12/h1,13H,3-8H2. The van der Waals surface area contributed by atoms with Gasteiger partial charge in [0.2, 0.25) is 0 Å². The Balaban J connectivity index is 3.03. The van der Waals surface area contributed by atoms with Crippen LogP contribution in [0.4, 0.5) is 13.2 Å². The minimum absolute atomic E-state index is 0.0688. The summed E-state index contributed by atoms with van der Waals surface area (Å²) in [7, 11) is 0. The van der Waals surface area contributed by atoms with Crippen molar-refractivity contribution in [3.63, 3.8) is 0 Å². The second-order valence-corrected chi connectivity index (χ2v) is 3.78. The molecule has 0 saturated carbocycles. The van der Waals surface area contributed by atoms with E-state index in [2.05, 4.69) is 16.0 Å². The van der Waals surface area contributed by atoms with Gasteiger partial charge in [-0.25, -0.2) is 0 Å². The van der Waals surface area contributed by atoms with Gasteiger partial charge in [-0.2, -0.15) is 13.2 Å². The van der Waals surface area contributed by atoms with Gasteiger partial charge in [0.05, 0.1) is 12.4 Å². The van der Waals surface area contributed by atoms with Gasteiger partial charge in [-0.3, -0.25) is 0 Å². The molecule has 0 aliphatic heterocycles. The molecule has 15 heavy (non-hydrogen) atoms. The maximum absolute atomic E-state index is 11.6. The summed E-state index contributed by atoms with van der Waals surface area (Å²) in [4.78, 5) is 0. The minimum Gasteiger partial charge on any atom is -0.371 e. The number of nitrogens with one attached hydrogen (secondary N) is 1. The van der Waals surface area contributed by atoms with E-state index < -0.39 is 12.8 Å². The summed E-state index contributed by atoms with van der Waals surface area (Å²) < 4.78 is 39.2. The Morgan fingerprint density at radius 2 is 2.07 bits per heavy atom. The quantitative estimate of drug-likeness (QED) is 0.514. The fraction of sp³-hybridized carbons (Fsp3) is 0.778. The molecule has 0 aromatic carbocycles. The first kappa shape index (κ1) is 14.6. The first-order valence-corrected chi connectivity index (χ1v) is 5.58. The predicted molar refractivity (Wildman–Crippen MR) is 55.9 cm³/mol. The highest BCUT2D eigenvalue weighted by Crippen LogP contribution is 2.13. The van der Waals surface area contributed by atoms with E-state index in [0.717, 1.165) is 12.3 Å². The lowest BCUT2D eigenvalue weighted by molar-refractivity contribution is -0.173. The molecule has 0 spiro atoms. The second-order valence-electron chi connectivity index (χ2n) is 2.67. The molecule has 0 aliphatic rings. The Labute approximate surface area is 91.9 Å². The van der Waals surface area contributed by atoms with Crippen LogP contribution in [0.25, 0.3) is 0 Å². The van der Waals surface area contributed by atoms with Crippen LogP contribution < -0.4 is 5.32 Å². The summed E-state index contributed by atoms with van der Waals surface area (Å²) in [6.45, 7) is 0.0360. The van der Waals surface area contributed by atoms with Crippen molar-refractivity contribution >= 4 is 11.8 Å². The number of hydrogen-bond donors (Lipinski definition) is 1. The van der Waals surface area contributed by atoms with Gasteiger partial charge < -0.3 is 10.1 Å². The van der Waals surface area contributed by atoms with E-state index in [1.807, 2.05) is 0 Å². The third kappa shape index (κ3) is 13.6. The van der Waals surface area contributed by atoms with Gasteiger partial charge in [-0.1, -0.05) is 5.92 Å². The number of halogens is 3. The largest absolute Gasteiger partial charge is 0.411 e. The van der Waals surface area contributed by atoms with Crippen molar-refractivity contribution < 1.29 is 17.9 Å². The van der Waals surface area contributed by atoms with E-state index >= 15 is 0 Å². The Morgan fingerprint density at radius 3 is 2.67 bits per heavy atom. The van der Waals surface area contributed by atoms with Gasteiger partial charge in [0, 0.05) is 18.8 Å². The van der Waals surface area contributed by atoms with Gasteiger partial charge in [0.15, 0.2) is 0 Å². The summed E-state index contributed by atoms with van der Waals surface area (Å²) in [5.74, 6) is 3.99. The first-order valence-electron chi connectivity index (χ1n) is 4.42. The molecule has 0 bridgehead atoms. The Morgan fingerprint density at radius 1 is 1.33 bits per heavy atom. The van der Waals surface area contributed by atoms with Crippen LogP contribution in [-0.2, 0) is 4.74 Å². The first-order chi connectivity index (χ1) is 7.06. The van der Waals surface area contributed by atoms with Crippen molar-refractivity contribution in [2.45, 2.75) is 6.18 Å². The molecular formula is C9H14F3NOS. The molecule has 88 valence electrons. The number of thioether (sulfide) groups is 1. The number of hydrogen-bond acceptors (Lipinski definition) is 3. The van der Waals surface area contributed by atoms with E-state index in [0.29, 0.717) is 12.3 Å². The normalized spacial score (nSPS) is 11.3. The number of ether oxygens (including phenoxy) is 1. The highest BCUT2D eigenvalue weighted by atomic mass is 32.2. The molecule has 0 unspecified atom stereocenters. The third-order valence-electron chi connectivity index (χ3n) is 1.30. The van der Waals surface area contributed by atoms with Gasteiger partial charge in [-0.05, 0) is 0 Å². The zero-order valence-corrected chi connectivity index (χ0v) is 9.09. The predicted octanol–water partition coefficient (Wildman–Crippen LogP) is 1.52. The van der Waals surface area contributed by atoms with Gasteiger partial charge in [0.1, 0.15) is 6.61 Å². The molecule has 0 heterocycles. The summed E-state index contributed by atoms with van der Waals surface area (Å²) >= 11 is 1.60. The minimum atomic E-state index is -4.23. The molecule has 0 aliphatic carbocycles. The lowest BCUT2D eigenvalue weighted by Crippen LogP contribution is -2.25. The Bertz CT molecular complexity index is 191. The molecule has 1 N–H and O–H groups in total. The molecule has 2 nitrogen and oxygen atoms in total. The summed E-state index contributed by atoms with van der Waals surface area (Å²) in [6.07, 6.45) is 0.798. The van der Waals surface area contributed by atoms with Gasteiger partial charge >= 0.3 is 6.18 Å². The summed E-state index contributed by atoms with van der Waals surface area (Å²) in [6, 6.07) is 0. The van der Waals surface area contributed by atoms with Crippen molar-refractivity contribution in [3.8, 4) is 12.3 Å². The molecule has 0 fully saturated rings. The van der Waals surface area contributed by atoms with E-state index in [1.54, 1.807) is 11.8 Å². The van der Waals surface area contributed by atoms with Crippen molar-refractivity contribution in [2.24, 2.45) is 0 Å². The van der Waals surface area contributed by atoms with Crippen LogP contribution in [0, 0.1) is 12.3 Å². The maximum atomic E-state index is 11.6. The van der Waals surface area contributed by atoms with Crippen LogP contribution in [0.5, 0.6) is 0 Å². The van der Waals surface area contributed by atoms with Crippen LogP contribution in [-0.4, -0.2) is 44.0 Å². The zero-order valence-electron chi connectivity index (χ0n) is 8.27. The molecule has 0 rings (SSSR count). The SMILES string of the molecule is C#CCSCCNCCOCC(F)(F)F. The monoisotopic (exact) mass is 241 g/mol. The van der Waals surface area contributed by atoms with E-state index in [9.17, 15) is 13.2 Å². The fourth-order valence-electron chi connectivity index (χ4n) is 0.733. The van der Waals surface area contributed by atoms with E-state index in [1.165, 1.54) is 0 Å². The Kier molecular flexibility index (Phi) is 8.67. The smallest absolute Gasteiger partial charge is 0.371 e. The number of alkyl halides is 3. The average molecular weight is 241 g/mol. The van der Waals surface area contributed by atoms with Crippen molar-refractivity contribution in [1.82, 2.24) is 5.32 Å². The summed E-state index contributed by atoms with van der Waals surface area (Å²) in [5.41, 5.74) is 0. The molecule has 0 aromatic rings. The highest BCUT2D eigenvalue weighted by Gasteiger charge is 2.26. The van der Waals surface area contributed by atoms with Crippen LogP contribution >= 0.6 is 11.8 Å². The Hall–Kier alpha value is -0.380. The molecule has 6 heteroatoms. The second kappa shape index (κ2) is 8.89. The van der Waals surface area contributed by atoms with Crippen LogP contribution in [0.15, 0.2) is 0 Å². The topological polar surface area (TPSA) is 21.3 Å². The number of terminal acetylenes is 1. The van der Waals surface area contributed by atoms with Gasteiger partial charge in [-0.15, -0.1) is 18.2 Å². The molecular weight excluding hydrogens is 227 g/mol. The van der Waals surface area contributed by atoms with E-state index in [-0.39, 0.29) is 6.61 Å². The van der Waals surface area contributed by atoms with Crippen molar-refractivity contribution in [1.29, 1.82) is 0 Å². The maximum Gasteiger partial charge on any atom is 0.411 e. The lowest BCUT2D eigenvalue weighted by Gasteiger charge is -2.07. The van der Waals surface area contributed by atoms with Crippen LogP contribution in [0.3, 0.4) is 0 Å². The lowest BCUT2D eigenvalue weighted by atomic mass is 10.6. The molecule has 0 amide bonds. The van der Waals surface area contributed by atoms with Crippen molar-refractivity contribution in [2.75, 3.05) is 37.8 Å².